The number of alkyl carbamates (subject to hydrolysis) is 2. The van der Waals surface area contributed by atoms with Gasteiger partial charge in [0.25, 0.3) is 0 Å². The molecular formula is C28H45N3O5Si. The van der Waals surface area contributed by atoms with E-state index in [4.69, 9.17) is 9.47 Å². The van der Waals surface area contributed by atoms with Crippen LogP contribution in [0.3, 0.4) is 0 Å². The topological polar surface area (TPSA) is 106 Å². The molecule has 1 aromatic carbocycles. The summed E-state index contributed by atoms with van der Waals surface area (Å²) >= 11 is 0. The molecular weight excluding hydrogens is 486 g/mol. The zero-order valence-corrected chi connectivity index (χ0v) is 25.0. The van der Waals surface area contributed by atoms with Gasteiger partial charge in [-0.15, -0.1) is 5.54 Å². The fourth-order valence-electron chi connectivity index (χ4n) is 3.01. The lowest BCUT2D eigenvalue weighted by Gasteiger charge is -2.24. The number of rotatable bonds is 9. The SMILES string of the molecule is CC(C)(C)OC(=O)NCC(NC(=O)OC(C)(C)C)C(=O)NCCCCc1cccc(C#C[Si](C)(C)C)c1. The molecule has 0 aliphatic carbocycles. The van der Waals surface area contributed by atoms with E-state index in [1.807, 2.05) is 12.1 Å². The molecule has 0 saturated heterocycles. The molecule has 0 radical (unpaired) electrons. The molecule has 0 heterocycles. The molecule has 0 aromatic heterocycles. The van der Waals surface area contributed by atoms with Crippen molar-refractivity contribution in [2.75, 3.05) is 13.1 Å². The summed E-state index contributed by atoms with van der Waals surface area (Å²) in [5.41, 5.74) is 4.22. The van der Waals surface area contributed by atoms with Crippen LogP contribution in [0.25, 0.3) is 0 Å². The Morgan fingerprint density at radius 2 is 1.54 bits per heavy atom. The Labute approximate surface area is 223 Å². The second-order valence-corrected chi connectivity index (χ2v) is 16.8. The Morgan fingerprint density at radius 1 is 0.919 bits per heavy atom. The van der Waals surface area contributed by atoms with E-state index in [1.165, 1.54) is 5.56 Å². The number of benzene rings is 1. The van der Waals surface area contributed by atoms with Crippen LogP contribution < -0.4 is 16.0 Å². The normalized spacial score (nSPS) is 12.5. The third-order valence-electron chi connectivity index (χ3n) is 4.56. The lowest BCUT2D eigenvalue weighted by molar-refractivity contribution is -0.123. The highest BCUT2D eigenvalue weighted by Gasteiger charge is 2.26. The van der Waals surface area contributed by atoms with E-state index in [0.717, 1.165) is 24.8 Å². The maximum atomic E-state index is 12.8. The smallest absolute Gasteiger partial charge is 0.408 e. The summed E-state index contributed by atoms with van der Waals surface area (Å²) in [6, 6.07) is 7.25. The monoisotopic (exact) mass is 531 g/mol. The highest BCUT2D eigenvalue weighted by molar-refractivity contribution is 6.83. The number of unbranched alkanes of at least 4 members (excludes halogenated alkanes) is 1. The third-order valence-corrected chi connectivity index (χ3v) is 5.43. The molecule has 0 aliphatic heterocycles. The van der Waals surface area contributed by atoms with Gasteiger partial charge in [-0.3, -0.25) is 4.79 Å². The summed E-state index contributed by atoms with van der Waals surface area (Å²) in [6.45, 7) is 17.4. The number of hydrogen-bond acceptors (Lipinski definition) is 5. The van der Waals surface area contributed by atoms with Crippen molar-refractivity contribution in [3.8, 4) is 11.5 Å². The molecule has 1 rings (SSSR count). The highest BCUT2D eigenvalue weighted by atomic mass is 28.3. The van der Waals surface area contributed by atoms with Gasteiger partial charge in [-0.05, 0) is 78.5 Å². The first-order valence-corrected chi connectivity index (χ1v) is 16.3. The number of aryl methyl sites for hydroxylation is 1. The van der Waals surface area contributed by atoms with Gasteiger partial charge in [0.1, 0.15) is 25.3 Å². The second-order valence-electron chi connectivity index (χ2n) is 12.0. The molecule has 0 bridgehead atoms. The zero-order chi connectivity index (χ0) is 28.3. The number of carbonyl (C=O) groups excluding carboxylic acids is 3. The van der Waals surface area contributed by atoms with Crippen molar-refractivity contribution in [3.63, 3.8) is 0 Å². The summed E-state index contributed by atoms with van der Waals surface area (Å²) in [4.78, 5) is 37.1. The molecule has 206 valence electrons. The van der Waals surface area contributed by atoms with Crippen LogP contribution in [0, 0.1) is 11.5 Å². The van der Waals surface area contributed by atoms with Crippen LogP contribution in [-0.4, -0.2) is 56.5 Å². The average Bonchev–Trinajstić information content (AvgIpc) is 2.72. The Balaban J connectivity index is 2.61. The molecule has 0 aliphatic rings. The average molecular weight is 532 g/mol. The Kier molecular flexibility index (Phi) is 12.2. The quantitative estimate of drug-likeness (QED) is 0.242. The summed E-state index contributed by atoms with van der Waals surface area (Å²) in [5.74, 6) is 2.88. The van der Waals surface area contributed by atoms with Crippen LogP contribution in [-0.2, 0) is 20.7 Å². The minimum absolute atomic E-state index is 0.134. The number of amides is 3. The van der Waals surface area contributed by atoms with Crippen molar-refractivity contribution >= 4 is 26.2 Å². The van der Waals surface area contributed by atoms with Gasteiger partial charge in [-0.25, -0.2) is 9.59 Å². The van der Waals surface area contributed by atoms with Crippen molar-refractivity contribution in [1.29, 1.82) is 0 Å². The van der Waals surface area contributed by atoms with E-state index in [0.29, 0.717) is 6.54 Å². The largest absolute Gasteiger partial charge is 0.444 e. The summed E-state index contributed by atoms with van der Waals surface area (Å²) in [6.07, 6.45) is 1.10. The molecule has 1 aromatic rings. The van der Waals surface area contributed by atoms with Crippen LogP contribution >= 0.6 is 0 Å². The molecule has 3 N–H and O–H groups in total. The van der Waals surface area contributed by atoms with Gasteiger partial charge in [-0.1, -0.05) is 37.7 Å². The highest BCUT2D eigenvalue weighted by Crippen LogP contribution is 2.10. The molecule has 0 fully saturated rings. The van der Waals surface area contributed by atoms with Gasteiger partial charge in [0.2, 0.25) is 5.91 Å². The molecule has 0 spiro atoms. The Morgan fingerprint density at radius 3 is 2.14 bits per heavy atom. The van der Waals surface area contributed by atoms with Crippen molar-refractivity contribution < 1.29 is 23.9 Å². The number of hydrogen-bond donors (Lipinski definition) is 3. The third kappa shape index (κ3) is 16.4. The maximum absolute atomic E-state index is 12.8. The first kappa shape index (κ1) is 32.0. The number of ether oxygens (including phenoxy) is 2. The van der Waals surface area contributed by atoms with Crippen LogP contribution in [0.2, 0.25) is 19.6 Å². The second kappa shape index (κ2) is 14.1. The maximum Gasteiger partial charge on any atom is 0.408 e. The minimum Gasteiger partial charge on any atom is -0.444 e. The predicted octanol–water partition coefficient (Wildman–Crippen LogP) is 4.77. The van der Waals surface area contributed by atoms with Gasteiger partial charge in [0, 0.05) is 12.1 Å². The molecule has 37 heavy (non-hydrogen) atoms. The van der Waals surface area contributed by atoms with Crippen LogP contribution in [0.5, 0.6) is 0 Å². The molecule has 0 saturated carbocycles. The van der Waals surface area contributed by atoms with E-state index < -0.39 is 43.4 Å². The standard InChI is InChI=1S/C28H45N3O5Si/c1-27(2,3)35-25(33)30-20-23(31-26(34)36-28(4,5)6)24(32)29-17-11-10-13-21-14-12-15-22(19-21)16-18-37(7,8)9/h12,14-15,19,23H,10-11,13,17,20H2,1-9H3,(H,29,32)(H,30,33)(H,31,34). The molecule has 1 unspecified atom stereocenters. The van der Waals surface area contributed by atoms with Gasteiger partial charge < -0.3 is 25.4 Å². The van der Waals surface area contributed by atoms with Crippen LogP contribution in [0.15, 0.2) is 24.3 Å². The molecule has 1 atom stereocenters. The fourth-order valence-corrected chi connectivity index (χ4v) is 3.53. The van der Waals surface area contributed by atoms with Crippen LogP contribution in [0.1, 0.15) is 65.5 Å². The van der Waals surface area contributed by atoms with Crippen molar-refractivity contribution in [1.82, 2.24) is 16.0 Å². The van der Waals surface area contributed by atoms with Gasteiger partial charge in [0.15, 0.2) is 0 Å². The van der Waals surface area contributed by atoms with Crippen molar-refractivity contribution in [2.24, 2.45) is 0 Å². The summed E-state index contributed by atoms with van der Waals surface area (Å²) in [5, 5.41) is 7.91. The lowest BCUT2D eigenvalue weighted by atomic mass is 10.1. The first-order chi connectivity index (χ1) is 16.9. The first-order valence-electron chi connectivity index (χ1n) is 12.8. The van der Waals surface area contributed by atoms with E-state index >= 15 is 0 Å². The Hall–Kier alpha value is -2.99. The lowest BCUT2D eigenvalue weighted by Crippen LogP contribution is -2.54. The summed E-state index contributed by atoms with van der Waals surface area (Å²) < 4.78 is 10.5. The van der Waals surface area contributed by atoms with Crippen LogP contribution in [0.4, 0.5) is 9.59 Å². The molecule has 3 amide bonds. The number of carbonyl (C=O) groups is 3. The molecule has 8 nitrogen and oxygen atoms in total. The van der Waals surface area contributed by atoms with E-state index in [1.54, 1.807) is 41.5 Å². The summed E-state index contributed by atoms with van der Waals surface area (Å²) in [7, 11) is -1.42. The van der Waals surface area contributed by atoms with Gasteiger partial charge in [-0.2, -0.15) is 0 Å². The van der Waals surface area contributed by atoms with Gasteiger partial charge >= 0.3 is 12.2 Å². The minimum atomic E-state index is -1.42. The van der Waals surface area contributed by atoms with Crippen molar-refractivity contribution in [3.05, 3.63) is 35.4 Å². The predicted molar refractivity (Wildman–Crippen MR) is 150 cm³/mol. The van der Waals surface area contributed by atoms with E-state index in [2.05, 4.69) is 59.2 Å². The molecule has 9 heteroatoms. The Bertz CT molecular complexity index is 978. The fraction of sp³-hybridized carbons (Fsp3) is 0.607. The number of nitrogens with one attached hydrogen (secondary N) is 3. The van der Waals surface area contributed by atoms with Gasteiger partial charge in [0.05, 0.1) is 6.54 Å². The van der Waals surface area contributed by atoms with E-state index in [9.17, 15) is 14.4 Å². The van der Waals surface area contributed by atoms with E-state index in [-0.39, 0.29) is 6.54 Å². The van der Waals surface area contributed by atoms with Crippen molar-refractivity contribution in [2.45, 2.75) is 97.7 Å². The zero-order valence-electron chi connectivity index (χ0n) is 24.0.